The molecular weight excluding hydrogens is 425 g/mol. The van der Waals surface area contributed by atoms with Crippen molar-refractivity contribution in [2.75, 3.05) is 6.61 Å². The second-order valence-corrected chi connectivity index (χ2v) is 8.48. The van der Waals surface area contributed by atoms with Crippen LogP contribution in [0.2, 0.25) is 0 Å². The first-order chi connectivity index (χ1) is 15.4. The SMILES string of the molecule is C=C=C=C(C#CC#CC#CC#COP(=O)(O)OCC(CC1CCCCC1)NC(C)=O)CC. The summed E-state index contributed by atoms with van der Waals surface area (Å²) in [6, 6.07) is -0.367. The van der Waals surface area contributed by atoms with Gasteiger partial charge in [0.05, 0.1) is 18.2 Å². The van der Waals surface area contributed by atoms with Crippen molar-refractivity contribution < 1.29 is 23.3 Å². The fraction of sp³-hybridized carbons (Fsp3) is 0.480. The molecule has 0 radical (unpaired) electrons. The van der Waals surface area contributed by atoms with Gasteiger partial charge in [0.15, 0.2) is 0 Å². The molecule has 0 aliphatic heterocycles. The van der Waals surface area contributed by atoms with Gasteiger partial charge in [0.2, 0.25) is 5.91 Å². The molecule has 1 aliphatic carbocycles. The van der Waals surface area contributed by atoms with E-state index in [1.807, 2.05) is 13.0 Å². The molecule has 2 N–H and O–H groups in total. The lowest BCUT2D eigenvalue weighted by atomic mass is 9.85. The van der Waals surface area contributed by atoms with Crippen LogP contribution >= 0.6 is 7.82 Å². The number of allylic oxidation sites excluding steroid dienone is 1. The Labute approximate surface area is 191 Å². The first-order valence-corrected chi connectivity index (χ1v) is 11.9. The lowest BCUT2D eigenvalue weighted by molar-refractivity contribution is -0.120. The van der Waals surface area contributed by atoms with Crippen LogP contribution in [0, 0.1) is 53.5 Å². The topological polar surface area (TPSA) is 84.9 Å². The predicted molar refractivity (Wildman–Crippen MR) is 123 cm³/mol. The maximum absolute atomic E-state index is 12.0. The smallest absolute Gasteiger partial charge is 0.351 e. The molecule has 0 aromatic rings. The first kappa shape index (κ1) is 27.0. The third kappa shape index (κ3) is 13.3. The monoisotopic (exact) mass is 453 g/mol. The molecule has 6 nitrogen and oxygen atoms in total. The van der Waals surface area contributed by atoms with Gasteiger partial charge < -0.3 is 9.84 Å². The lowest BCUT2D eigenvalue weighted by Crippen LogP contribution is -2.38. The molecule has 1 aliphatic rings. The second kappa shape index (κ2) is 15.7. The summed E-state index contributed by atoms with van der Waals surface area (Å²) in [7, 11) is -4.40. The molecule has 1 saturated carbocycles. The molecule has 1 amide bonds. The number of carbonyl (C=O) groups is 1. The van der Waals surface area contributed by atoms with Gasteiger partial charge in [0, 0.05) is 24.7 Å². The highest BCUT2D eigenvalue weighted by Crippen LogP contribution is 2.43. The van der Waals surface area contributed by atoms with Crippen molar-refractivity contribution in [1.82, 2.24) is 5.32 Å². The van der Waals surface area contributed by atoms with Gasteiger partial charge in [-0.05, 0) is 49.0 Å². The van der Waals surface area contributed by atoms with Crippen LogP contribution in [0.1, 0.15) is 58.8 Å². The average molecular weight is 453 g/mol. The van der Waals surface area contributed by atoms with Gasteiger partial charge in [-0.1, -0.05) is 50.5 Å². The largest absolute Gasteiger partial charge is 0.536 e. The first-order valence-electron chi connectivity index (χ1n) is 10.4. The zero-order chi connectivity index (χ0) is 23.7. The third-order valence-electron chi connectivity index (χ3n) is 4.52. The summed E-state index contributed by atoms with van der Waals surface area (Å²) in [5.41, 5.74) is 6.03. The van der Waals surface area contributed by atoms with Crippen LogP contribution in [0.3, 0.4) is 0 Å². The summed E-state index contributed by atoms with van der Waals surface area (Å²) < 4.78 is 21.6. The quantitative estimate of drug-likeness (QED) is 0.331. The molecule has 7 heteroatoms. The van der Waals surface area contributed by atoms with E-state index in [-0.39, 0.29) is 18.6 Å². The highest BCUT2D eigenvalue weighted by molar-refractivity contribution is 7.47. The number of carbonyl (C=O) groups excluding carboxylic acids is 1. The lowest BCUT2D eigenvalue weighted by Gasteiger charge is -2.27. The van der Waals surface area contributed by atoms with Crippen molar-refractivity contribution >= 4 is 13.7 Å². The van der Waals surface area contributed by atoms with E-state index in [1.54, 1.807) is 0 Å². The van der Waals surface area contributed by atoms with Crippen molar-refractivity contribution in [1.29, 1.82) is 0 Å². The molecule has 0 bridgehead atoms. The van der Waals surface area contributed by atoms with Crippen LogP contribution in [-0.2, 0) is 18.4 Å². The van der Waals surface area contributed by atoms with Crippen molar-refractivity contribution in [3.05, 3.63) is 23.6 Å². The van der Waals surface area contributed by atoms with Crippen LogP contribution in [0.15, 0.2) is 23.6 Å². The second-order valence-electron chi connectivity index (χ2n) is 7.10. The summed E-state index contributed by atoms with van der Waals surface area (Å²) in [6.45, 7) is 6.62. The van der Waals surface area contributed by atoms with Gasteiger partial charge in [-0.25, -0.2) is 4.57 Å². The van der Waals surface area contributed by atoms with Gasteiger partial charge in [0.1, 0.15) is 6.11 Å². The summed E-state index contributed by atoms with van der Waals surface area (Å²) >= 11 is 0. The molecule has 1 fully saturated rings. The Bertz CT molecular complexity index is 1030. The summed E-state index contributed by atoms with van der Waals surface area (Å²) in [5.74, 6) is 17.7. The van der Waals surface area contributed by atoms with Crippen molar-refractivity contribution in [3.8, 4) is 47.5 Å². The van der Waals surface area contributed by atoms with E-state index < -0.39 is 7.82 Å². The van der Waals surface area contributed by atoms with E-state index in [2.05, 4.69) is 69.3 Å². The molecule has 0 aromatic heterocycles. The number of phosphoric acid groups is 1. The zero-order valence-electron chi connectivity index (χ0n) is 18.5. The van der Waals surface area contributed by atoms with Crippen molar-refractivity contribution in [2.24, 2.45) is 5.92 Å². The molecule has 2 atom stereocenters. The summed E-state index contributed by atoms with van der Waals surface area (Å²) in [6.07, 6.45) is 9.14. The summed E-state index contributed by atoms with van der Waals surface area (Å²) in [4.78, 5) is 21.2. The molecule has 2 unspecified atom stereocenters. The zero-order valence-corrected chi connectivity index (χ0v) is 19.4. The fourth-order valence-electron chi connectivity index (χ4n) is 3.14. The fourth-order valence-corrected chi connectivity index (χ4v) is 3.73. The van der Waals surface area contributed by atoms with Gasteiger partial charge in [-0.15, -0.1) is 0 Å². The van der Waals surface area contributed by atoms with Gasteiger partial charge >= 0.3 is 7.82 Å². The molecule has 0 aromatic carbocycles. The minimum absolute atomic E-state index is 0.142. The number of hydrogen-bond acceptors (Lipinski definition) is 4. The number of rotatable bonds is 8. The maximum atomic E-state index is 12.0. The summed E-state index contributed by atoms with van der Waals surface area (Å²) in [5, 5.41) is 2.77. The number of phosphoric ester groups is 1. The Hall–Kier alpha value is -3.04. The minimum atomic E-state index is -4.40. The molecular formula is C25H28NO5P. The molecule has 1 rings (SSSR count). The van der Waals surface area contributed by atoms with Crippen LogP contribution in [0.4, 0.5) is 0 Å². The number of nitrogens with one attached hydrogen (secondary N) is 1. The number of hydrogen-bond donors (Lipinski definition) is 2. The Balaban J connectivity index is 2.54. The molecule has 32 heavy (non-hydrogen) atoms. The standard InChI is InChI=1S/C25H28NO5P/c1-4-15-23(5-2)16-11-8-6-7-9-14-19-30-32(28,29)31-21-25(26-22(3)27)20-24-17-12-10-13-18-24/h24-25H,1,5,10,12-13,17-18,20-21H2,2-3H3,(H,26,27)(H,28,29). The highest BCUT2D eigenvalue weighted by atomic mass is 31.2. The molecule has 0 spiro atoms. The van der Waals surface area contributed by atoms with E-state index >= 15 is 0 Å². The molecule has 168 valence electrons. The Kier molecular flexibility index (Phi) is 13.3. The van der Waals surface area contributed by atoms with Crippen LogP contribution in [0.25, 0.3) is 0 Å². The van der Waals surface area contributed by atoms with Crippen LogP contribution in [-0.4, -0.2) is 23.4 Å². The molecule has 0 heterocycles. The van der Waals surface area contributed by atoms with E-state index in [0.29, 0.717) is 18.8 Å². The van der Waals surface area contributed by atoms with E-state index in [1.165, 1.54) is 13.3 Å². The van der Waals surface area contributed by atoms with Crippen LogP contribution < -0.4 is 5.32 Å². The van der Waals surface area contributed by atoms with Crippen molar-refractivity contribution in [2.45, 2.75) is 64.8 Å². The maximum Gasteiger partial charge on any atom is 0.536 e. The third-order valence-corrected chi connectivity index (χ3v) is 5.32. The Morgan fingerprint density at radius 2 is 1.81 bits per heavy atom. The van der Waals surface area contributed by atoms with Crippen molar-refractivity contribution in [3.63, 3.8) is 0 Å². The Morgan fingerprint density at radius 3 is 2.44 bits per heavy atom. The van der Waals surface area contributed by atoms with Crippen LogP contribution in [0.5, 0.6) is 0 Å². The van der Waals surface area contributed by atoms with E-state index in [0.717, 1.165) is 31.3 Å². The normalized spacial score (nSPS) is 15.0. The minimum Gasteiger partial charge on any atom is -0.351 e. The Morgan fingerprint density at radius 1 is 1.16 bits per heavy atom. The number of amides is 1. The van der Waals surface area contributed by atoms with E-state index in [9.17, 15) is 14.3 Å². The van der Waals surface area contributed by atoms with Gasteiger partial charge in [0.25, 0.3) is 0 Å². The van der Waals surface area contributed by atoms with Gasteiger partial charge in [-0.3, -0.25) is 14.2 Å². The van der Waals surface area contributed by atoms with Gasteiger partial charge in [-0.2, -0.15) is 0 Å². The highest BCUT2D eigenvalue weighted by Gasteiger charge is 2.26. The molecule has 0 saturated heterocycles. The predicted octanol–water partition coefficient (Wildman–Crippen LogP) is 3.84. The van der Waals surface area contributed by atoms with E-state index in [4.69, 9.17) is 4.52 Å². The average Bonchev–Trinajstić information content (AvgIpc) is 2.76.